The minimum Gasteiger partial charge on any atom is -0.314 e. The predicted octanol–water partition coefficient (Wildman–Crippen LogP) is 4.23. The largest absolute Gasteiger partial charge is 0.314 e. The van der Waals surface area contributed by atoms with Gasteiger partial charge in [0.15, 0.2) is 0 Å². The van der Waals surface area contributed by atoms with Gasteiger partial charge >= 0.3 is 0 Å². The lowest BCUT2D eigenvalue weighted by Gasteiger charge is -2.35. The van der Waals surface area contributed by atoms with Crippen LogP contribution in [0.2, 0.25) is 0 Å². The standard InChI is InChI=1S/C14H27F2N/c1-4-11(3)10-13(17-5-2)12-6-8-14(15,16)9-7-12/h11-13,17H,4-10H2,1-3H3. The molecular weight excluding hydrogens is 220 g/mol. The summed E-state index contributed by atoms with van der Waals surface area (Å²) < 4.78 is 26.3. The van der Waals surface area contributed by atoms with Crippen LogP contribution in [0.15, 0.2) is 0 Å². The monoisotopic (exact) mass is 247 g/mol. The zero-order valence-corrected chi connectivity index (χ0v) is 11.4. The van der Waals surface area contributed by atoms with Gasteiger partial charge in [0.25, 0.3) is 0 Å². The van der Waals surface area contributed by atoms with Gasteiger partial charge in [0, 0.05) is 18.9 Å². The van der Waals surface area contributed by atoms with Gasteiger partial charge in [-0.1, -0.05) is 27.2 Å². The molecule has 0 bridgehead atoms. The molecule has 0 spiro atoms. The van der Waals surface area contributed by atoms with E-state index < -0.39 is 5.92 Å². The first-order valence-electron chi connectivity index (χ1n) is 7.09. The predicted molar refractivity (Wildman–Crippen MR) is 68.4 cm³/mol. The minimum atomic E-state index is -2.40. The molecule has 0 aromatic carbocycles. The average Bonchev–Trinajstić information content (AvgIpc) is 2.28. The van der Waals surface area contributed by atoms with Gasteiger partial charge in [-0.25, -0.2) is 8.78 Å². The van der Waals surface area contributed by atoms with E-state index in [4.69, 9.17) is 0 Å². The lowest BCUT2D eigenvalue weighted by atomic mass is 9.79. The van der Waals surface area contributed by atoms with Crippen molar-refractivity contribution >= 4 is 0 Å². The molecule has 3 heteroatoms. The van der Waals surface area contributed by atoms with Crippen LogP contribution in [-0.4, -0.2) is 18.5 Å². The van der Waals surface area contributed by atoms with Crippen LogP contribution in [0.25, 0.3) is 0 Å². The summed E-state index contributed by atoms with van der Waals surface area (Å²) in [6.07, 6.45) is 3.83. The van der Waals surface area contributed by atoms with Crippen LogP contribution < -0.4 is 5.32 Å². The maximum absolute atomic E-state index is 13.1. The van der Waals surface area contributed by atoms with E-state index >= 15 is 0 Å². The zero-order valence-electron chi connectivity index (χ0n) is 11.4. The number of rotatable bonds is 6. The molecule has 0 aliphatic heterocycles. The SMILES string of the molecule is CCNC(CC(C)CC)C1CCC(F)(F)CC1. The number of alkyl halides is 2. The highest BCUT2D eigenvalue weighted by Crippen LogP contribution is 2.38. The summed E-state index contributed by atoms with van der Waals surface area (Å²) in [6.45, 7) is 7.49. The van der Waals surface area contributed by atoms with Crippen molar-refractivity contribution in [2.24, 2.45) is 11.8 Å². The van der Waals surface area contributed by atoms with Crippen molar-refractivity contribution in [2.75, 3.05) is 6.54 Å². The molecule has 0 radical (unpaired) electrons. The van der Waals surface area contributed by atoms with Crippen molar-refractivity contribution in [2.45, 2.75) is 71.3 Å². The summed E-state index contributed by atoms with van der Waals surface area (Å²) in [7, 11) is 0. The van der Waals surface area contributed by atoms with E-state index in [2.05, 4.69) is 26.1 Å². The maximum Gasteiger partial charge on any atom is 0.248 e. The molecule has 1 saturated carbocycles. The number of halogens is 2. The van der Waals surface area contributed by atoms with Crippen LogP contribution in [0.3, 0.4) is 0 Å². The average molecular weight is 247 g/mol. The zero-order chi connectivity index (χ0) is 12.9. The lowest BCUT2D eigenvalue weighted by Crippen LogP contribution is -2.40. The van der Waals surface area contributed by atoms with E-state index in [9.17, 15) is 8.78 Å². The Morgan fingerprint density at radius 3 is 2.29 bits per heavy atom. The van der Waals surface area contributed by atoms with Crippen LogP contribution in [0.1, 0.15) is 59.3 Å². The molecule has 1 aliphatic carbocycles. The molecule has 1 nitrogen and oxygen atoms in total. The lowest BCUT2D eigenvalue weighted by molar-refractivity contribution is -0.0502. The molecule has 0 aromatic rings. The fourth-order valence-electron chi connectivity index (χ4n) is 2.77. The third-order valence-corrected chi connectivity index (χ3v) is 4.15. The Balaban J connectivity index is 2.47. The molecule has 1 N–H and O–H groups in total. The normalized spacial score (nSPS) is 24.5. The van der Waals surface area contributed by atoms with E-state index in [1.807, 2.05) is 0 Å². The first-order valence-corrected chi connectivity index (χ1v) is 7.09. The third kappa shape index (κ3) is 4.90. The van der Waals surface area contributed by atoms with E-state index in [1.54, 1.807) is 0 Å². The molecule has 1 fully saturated rings. The quantitative estimate of drug-likeness (QED) is 0.740. The Hall–Kier alpha value is -0.180. The van der Waals surface area contributed by atoms with Crippen LogP contribution in [0, 0.1) is 11.8 Å². The van der Waals surface area contributed by atoms with Gasteiger partial charge < -0.3 is 5.32 Å². The molecular formula is C14H27F2N. The van der Waals surface area contributed by atoms with E-state index in [0.717, 1.165) is 13.0 Å². The molecule has 0 amide bonds. The summed E-state index contributed by atoms with van der Waals surface area (Å²) in [5.74, 6) is -1.27. The van der Waals surface area contributed by atoms with Gasteiger partial charge in [-0.15, -0.1) is 0 Å². The van der Waals surface area contributed by atoms with E-state index in [0.29, 0.717) is 30.7 Å². The molecule has 102 valence electrons. The summed E-state index contributed by atoms with van der Waals surface area (Å²) >= 11 is 0. The highest BCUT2D eigenvalue weighted by Gasteiger charge is 2.37. The molecule has 2 atom stereocenters. The number of nitrogens with one attached hydrogen (secondary N) is 1. The molecule has 2 unspecified atom stereocenters. The van der Waals surface area contributed by atoms with Crippen molar-refractivity contribution in [3.05, 3.63) is 0 Å². The third-order valence-electron chi connectivity index (χ3n) is 4.15. The second-order valence-corrected chi connectivity index (χ2v) is 5.61. The summed E-state index contributed by atoms with van der Waals surface area (Å²) in [4.78, 5) is 0. The highest BCUT2D eigenvalue weighted by atomic mass is 19.3. The van der Waals surface area contributed by atoms with Crippen molar-refractivity contribution in [3.63, 3.8) is 0 Å². The second-order valence-electron chi connectivity index (χ2n) is 5.61. The van der Waals surface area contributed by atoms with Crippen molar-refractivity contribution in [1.29, 1.82) is 0 Å². The molecule has 1 aliphatic rings. The second kappa shape index (κ2) is 6.67. The molecule has 17 heavy (non-hydrogen) atoms. The Morgan fingerprint density at radius 1 is 1.24 bits per heavy atom. The topological polar surface area (TPSA) is 12.0 Å². The Kier molecular flexibility index (Phi) is 5.84. The summed E-state index contributed by atoms with van der Waals surface area (Å²) in [5, 5.41) is 3.50. The van der Waals surface area contributed by atoms with Gasteiger partial charge in [0.1, 0.15) is 0 Å². The van der Waals surface area contributed by atoms with Crippen LogP contribution in [0.5, 0.6) is 0 Å². The Bertz CT molecular complexity index is 208. The van der Waals surface area contributed by atoms with E-state index in [1.165, 1.54) is 6.42 Å². The van der Waals surface area contributed by atoms with Gasteiger partial charge in [0.05, 0.1) is 0 Å². The number of hydrogen-bond donors (Lipinski definition) is 1. The fraction of sp³-hybridized carbons (Fsp3) is 1.00. The summed E-state index contributed by atoms with van der Waals surface area (Å²) in [5.41, 5.74) is 0. The van der Waals surface area contributed by atoms with Crippen molar-refractivity contribution in [1.82, 2.24) is 5.32 Å². The van der Waals surface area contributed by atoms with Gasteiger partial charge in [-0.05, 0) is 37.6 Å². The van der Waals surface area contributed by atoms with Crippen molar-refractivity contribution < 1.29 is 8.78 Å². The van der Waals surface area contributed by atoms with Crippen molar-refractivity contribution in [3.8, 4) is 0 Å². The first kappa shape index (κ1) is 14.9. The van der Waals surface area contributed by atoms with Gasteiger partial charge in [-0.2, -0.15) is 0 Å². The smallest absolute Gasteiger partial charge is 0.248 e. The first-order chi connectivity index (χ1) is 7.98. The van der Waals surface area contributed by atoms with Crippen LogP contribution in [-0.2, 0) is 0 Å². The molecule has 0 saturated heterocycles. The molecule has 1 rings (SSSR count). The maximum atomic E-state index is 13.1. The number of hydrogen-bond acceptors (Lipinski definition) is 1. The van der Waals surface area contributed by atoms with E-state index in [-0.39, 0.29) is 12.8 Å². The summed E-state index contributed by atoms with van der Waals surface area (Å²) in [6, 6.07) is 0.436. The Morgan fingerprint density at radius 2 is 1.82 bits per heavy atom. The highest BCUT2D eigenvalue weighted by molar-refractivity contribution is 4.85. The fourth-order valence-corrected chi connectivity index (χ4v) is 2.77. The Labute approximate surface area is 104 Å². The molecule has 0 aromatic heterocycles. The van der Waals surface area contributed by atoms with Crippen LogP contribution in [0.4, 0.5) is 8.78 Å². The van der Waals surface area contributed by atoms with Gasteiger partial charge in [0.2, 0.25) is 5.92 Å². The molecule has 0 heterocycles. The minimum absolute atomic E-state index is 0.0834. The van der Waals surface area contributed by atoms with Crippen LogP contribution >= 0.6 is 0 Å². The van der Waals surface area contributed by atoms with Gasteiger partial charge in [-0.3, -0.25) is 0 Å².